The summed E-state index contributed by atoms with van der Waals surface area (Å²) in [6.45, 7) is 4.86. The molecule has 3 saturated heterocycles. The molecule has 0 aromatic heterocycles. The molecule has 78 valence electrons. The lowest BCUT2D eigenvalue weighted by Gasteiger charge is -2.45. The minimum Gasteiger partial charge on any atom is -0.312 e. The quantitative estimate of drug-likeness (QED) is 0.676. The standard InChI is InChI=1S/C11H19N3/c12-5-1-2-6-13-11-9-14-7-3-10(11)4-8-14/h10-11,13H,1-4,6-9H2. The highest BCUT2D eigenvalue weighted by atomic mass is 15.2. The minimum atomic E-state index is 0.689. The minimum absolute atomic E-state index is 0.689. The Kier molecular flexibility index (Phi) is 3.39. The zero-order valence-corrected chi connectivity index (χ0v) is 8.71. The van der Waals surface area contributed by atoms with E-state index in [0.29, 0.717) is 12.5 Å². The van der Waals surface area contributed by atoms with Gasteiger partial charge in [-0.05, 0) is 44.8 Å². The molecule has 14 heavy (non-hydrogen) atoms. The van der Waals surface area contributed by atoms with E-state index in [1.54, 1.807) is 0 Å². The summed E-state index contributed by atoms with van der Waals surface area (Å²) in [6, 6.07) is 2.89. The van der Waals surface area contributed by atoms with Crippen LogP contribution in [0.3, 0.4) is 0 Å². The monoisotopic (exact) mass is 193 g/mol. The lowest BCUT2D eigenvalue weighted by atomic mass is 9.84. The Morgan fingerprint density at radius 2 is 2.14 bits per heavy atom. The van der Waals surface area contributed by atoms with Gasteiger partial charge >= 0.3 is 0 Å². The molecule has 2 bridgehead atoms. The number of piperidine rings is 3. The van der Waals surface area contributed by atoms with Gasteiger partial charge in [0.05, 0.1) is 6.07 Å². The molecule has 0 radical (unpaired) electrons. The normalized spacial score (nSPS) is 35.5. The highest BCUT2D eigenvalue weighted by Gasteiger charge is 2.33. The number of nitrogens with zero attached hydrogens (tertiary/aromatic N) is 2. The molecule has 3 heterocycles. The molecule has 3 aliphatic heterocycles. The van der Waals surface area contributed by atoms with Crippen LogP contribution in [0, 0.1) is 17.2 Å². The van der Waals surface area contributed by atoms with Gasteiger partial charge in [-0.2, -0.15) is 5.26 Å². The molecule has 1 unspecified atom stereocenters. The lowest BCUT2D eigenvalue weighted by Crippen LogP contribution is -2.56. The molecule has 3 rings (SSSR count). The summed E-state index contributed by atoms with van der Waals surface area (Å²) in [5.41, 5.74) is 0. The van der Waals surface area contributed by atoms with E-state index in [1.807, 2.05) is 0 Å². The second kappa shape index (κ2) is 4.77. The number of hydrogen-bond donors (Lipinski definition) is 1. The molecular weight excluding hydrogens is 174 g/mol. The fourth-order valence-electron chi connectivity index (χ4n) is 2.65. The van der Waals surface area contributed by atoms with E-state index in [-0.39, 0.29) is 0 Å². The van der Waals surface area contributed by atoms with Crippen LogP contribution in [0.5, 0.6) is 0 Å². The summed E-state index contributed by atoms with van der Waals surface area (Å²) >= 11 is 0. The van der Waals surface area contributed by atoms with Crippen LogP contribution >= 0.6 is 0 Å². The van der Waals surface area contributed by atoms with Crippen molar-refractivity contribution in [1.82, 2.24) is 10.2 Å². The van der Waals surface area contributed by atoms with Crippen LogP contribution < -0.4 is 5.32 Å². The number of fused-ring (bicyclic) bond motifs is 3. The maximum atomic E-state index is 8.42. The Bertz CT molecular complexity index is 213. The predicted molar refractivity (Wildman–Crippen MR) is 55.8 cm³/mol. The number of nitriles is 1. The Morgan fingerprint density at radius 3 is 2.71 bits per heavy atom. The molecule has 0 amide bonds. The molecule has 0 aromatic carbocycles. The van der Waals surface area contributed by atoms with E-state index in [0.717, 1.165) is 18.9 Å². The van der Waals surface area contributed by atoms with Gasteiger partial charge in [0.1, 0.15) is 0 Å². The third kappa shape index (κ3) is 2.26. The second-order valence-electron chi connectivity index (χ2n) is 4.46. The number of nitrogens with one attached hydrogen (secondary N) is 1. The van der Waals surface area contributed by atoms with E-state index >= 15 is 0 Å². The summed E-state index contributed by atoms with van der Waals surface area (Å²) in [5.74, 6) is 0.905. The average molecular weight is 193 g/mol. The largest absolute Gasteiger partial charge is 0.312 e. The third-order valence-corrected chi connectivity index (χ3v) is 3.53. The molecule has 3 aliphatic rings. The molecular formula is C11H19N3. The first kappa shape index (κ1) is 9.95. The topological polar surface area (TPSA) is 39.1 Å². The van der Waals surface area contributed by atoms with Crippen molar-refractivity contribution in [3.8, 4) is 6.07 Å². The van der Waals surface area contributed by atoms with Crippen LogP contribution in [0.1, 0.15) is 25.7 Å². The average Bonchev–Trinajstić information content (AvgIpc) is 2.26. The maximum absolute atomic E-state index is 8.42. The first-order valence-corrected chi connectivity index (χ1v) is 5.73. The van der Waals surface area contributed by atoms with Crippen molar-refractivity contribution in [1.29, 1.82) is 5.26 Å². The molecule has 3 heteroatoms. The maximum Gasteiger partial charge on any atom is 0.0622 e. The molecule has 1 atom stereocenters. The van der Waals surface area contributed by atoms with Crippen LogP contribution in [-0.4, -0.2) is 37.1 Å². The highest BCUT2D eigenvalue weighted by Crippen LogP contribution is 2.27. The van der Waals surface area contributed by atoms with Crippen LogP contribution in [0.15, 0.2) is 0 Å². The predicted octanol–water partition coefficient (Wildman–Crippen LogP) is 0.974. The summed E-state index contributed by atoms with van der Waals surface area (Å²) in [5, 5.41) is 12.0. The first-order valence-electron chi connectivity index (χ1n) is 5.73. The summed E-state index contributed by atoms with van der Waals surface area (Å²) in [4.78, 5) is 2.56. The molecule has 3 nitrogen and oxygen atoms in total. The van der Waals surface area contributed by atoms with Crippen LogP contribution in [0.4, 0.5) is 0 Å². The SMILES string of the molecule is N#CCCCNC1CN2CCC1CC2. The van der Waals surface area contributed by atoms with Crippen molar-refractivity contribution < 1.29 is 0 Å². The zero-order chi connectivity index (χ0) is 9.80. The summed E-state index contributed by atoms with van der Waals surface area (Å²) < 4.78 is 0. The van der Waals surface area contributed by atoms with E-state index in [1.165, 1.54) is 32.5 Å². The van der Waals surface area contributed by atoms with Gasteiger partial charge in [0.15, 0.2) is 0 Å². The van der Waals surface area contributed by atoms with Crippen molar-refractivity contribution in [2.45, 2.75) is 31.7 Å². The van der Waals surface area contributed by atoms with Gasteiger partial charge in [0, 0.05) is 19.0 Å². The van der Waals surface area contributed by atoms with Crippen molar-refractivity contribution >= 4 is 0 Å². The second-order valence-corrected chi connectivity index (χ2v) is 4.46. The van der Waals surface area contributed by atoms with Gasteiger partial charge in [-0.1, -0.05) is 0 Å². The third-order valence-electron chi connectivity index (χ3n) is 3.53. The zero-order valence-electron chi connectivity index (χ0n) is 8.71. The van der Waals surface area contributed by atoms with E-state index in [4.69, 9.17) is 5.26 Å². The van der Waals surface area contributed by atoms with E-state index < -0.39 is 0 Å². The van der Waals surface area contributed by atoms with Gasteiger partial charge < -0.3 is 10.2 Å². The number of unbranched alkanes of at least 4 members (excludes halogenated alkanes) is 1. The molecule has 0 aliphatic carbocycles. The van der Waals surface area contributed by atoms with Gasteiger partial charge in [-0.25, -0.2) is 0 Å². The number of rotatable bonds is 4. The molecule has 3 fully saturated rings. The van der Waals surface area contributed by atoms with Crippen LogP contribution in [0.25, 0.3) is 0 Å². The first-order chi connectivity index (χ1) is 6.90. The van der Waals surface area contributed by atoms with E-state index in [2.05, 4.69) is 16.3 Å². The van der Waals surface area contributed by atoms with Crippen molar-refractivity contribution in [2.75, 3.05) is 26.2 Å². The van der Waals surface area contributed by atoms with Crippen LogP contribution in [-0.2, 0) is 0 Å². The van der Waals surface area contributed by atoms with Gasteiger partial charge in [-0.3, -0.25) is 0 Å². The van der Waals surface area contributed by atoms with Gasteiger partial charge in [0.2, 0.25) is 0 Å². The molecule has 0 saturated carbocycles. The fourth-order valence-corrected chi connectivity index (χ4v) is 2.65. The Hall–Kier alpha value is -0.590. The molecule has 1 N–H and O–H groups in total. The van der Waals surface area contributed by atoms with Gasteiger partial charge in [-0.15, -0.1) is 0 Å². The fraction of sp³-hybridized carbons (Fsp3) is 0.909. The van der Waals surface area contributed by atoms with Crippen molar-refractivity contribution in [2.24, 2.45) is 5.92 Å². The summed E-state index contributed by atoms with van der Waals surface area (Å²) in [6.07, 6.45) is 4.43. The molecule has 0 aromatic rings. The van der Waals surface area contributed by atoms with Gasteiger partial charge in [0.25, 0.3) is 0 Å². The smallest absolute Gasteiger partial charge is 0.0622 e. The van der Waals surface area contributed by atoms with E-state index in [9.17, 15) is 0 Å². The number of hydrogen-bond acceptors (Lipinski definition) is 3. The van der Waals surface area contributed by atoms with Crippen molar-refractivity contribution in [3.05, 3.63) is 0 Å². The summed E-state index contributed by atoms with van der Waals surface area (Å²) in [7, 11) is 0. The Labute approximate surface area is 86.1 Å². The highest BCUT2D eigenvalue weighted by molar-refractivity contribution is 4.90. The lowest BCUT2D eigenvalue weighted by molar-refractivity contribution is 0.0728. The Balaban J connectivity index is 1.69. The van der Waals surface area contributed by atoms with Crippen molar-refractivity contribution in [3.63, 3.8) is 0 Å². The Morgan fingerprint density at radius 1 is 1.36 bits per heavy atom. The van der Waals surface area contributed by atoms with Crippen LogP contribution in [0.2, 0.25) is 0 Å². The molecule has 0 spiro atoms.